The van der Waals surface area contributed by atoms with Gasteiger partial charge in [0, 0.05) is 18.2 Å². The summed E-state index contributed by atoms with van der Waals surface area (Å²) in [4.78, 5) is 12.0. The van der Waals surface area contributed by atoms with Crippen LogP contribution in [0, 0.1) is 0 Å². The summed E-state index contributed by atoms with van der Waals surface area (Å²) in [5.74, 6) is -0.0689. The molecule has 0 bridgehead atoms. The molecule has 2 aromatic carbocycles. The lowest BCUT2D eigenvalue weighted by Gasteiger charge is -2.17. The molecule has 0 aromatic heterocycles. The Labute approximate surface area is 135 Å². The largest absolute Gasteiger partial charge is 0.392 e. The first-order valence-electron chi connectivity index (χ1n) is 7.09. The van der Waals surface area contributed by atoms with Crippen LogP contribution in [0.3, 0.4) is 0 Å². The highest BCUT2D eigenvalue weighted by molar-refractivity contribution is 6.33. The van der Waals surface area contributed by atoms with Crippen molar-refractivity contribution in [2.75, 3.05) is 10.6 Å². The molecule has 2 aromatic rings. The van der Waals surface area contributed by atoms with E-state index in [0.717, 1.165) is 11.3 Å². The van der Waals surface area contributed by atoms with E-state index in [0.29, 0.717) is 17.1 Å². The molecule has 0 radical (unpaired) electrons. The fourth-order valence-electron chi connectivity index (χ4n) is 2.11. The molecule has 0 aliphatic rings. The first kappa shape index (κ1) is 16.3. The number of anilines is 2. The van der Waals surface area contributed by atoms with Crippen LogP contribution in [0.2, 0.25) is 5.02 Å². The molecule has 0 spiro atoms. The highest BCUT2D eigenvalue weighted by atomic mass is 35.5. The van der Waals surface area contributed by atoms with Crippen LogP contribution < -0.4 is 10.6 Å². The second kappa shape index (κ2) is 7.82. The van der Waals surface area contributed by atoms with Gasteiger partial charge < -0.3 is 15.7 Å². The van der Waals surface area contributed by atoms with Gasteiger partial charge in [-0.05, 0) is 36.8 Å². The van der Waals surface area contributed by atoms with Crippen molar-refractivity contribution in [3.8, 4) is 0 Å². The third kappa shape index (κ3) is 4.76. The number of aliphatic hydroxyl groups excluding tert-OH is 1. The molecule has 0 aliphatic heterocycles. The summed E-state index contributed by atoms with van der Waals surface area (Å²) in [6.45, 7) is 1.86. The number of nitrogens with one attached hydrogen (secondary N) is 2. The van der Waals surface area contributed by atoms with Gasteiger partial charge in [0.1, 0.15) is 0 Å². The number of carbonyl (C=O) groups is 1. The Morgan fingerprint density at radius 1 is 1.23 bits per heavy atom. The van der Waals surface area contributed by atoms with Gasteiger partial charge in [-0.2, -0.15) is 0 Å². The summed E-state index contributed by atoms with van der Waals surface area (Å²) >= 11 is 6.12. The lowest BCUT2D eigenvalue weighted by molar-refractivity contribution is -0.116. The second-order valence-electron chi connectivity index (χ2n) is 5.14. The second-order valence-corrected chi connectivity index (χ2v) is 5.54. The van der Waals surface area contributed by atoms with Crippen LogP contribution in [0.1, 0.15) is 18.9 Å². The van der Waals surface area contributed by atoms with E-state index in [4.69, 9.17) is 16.7 Å². The number of aliphatic hydroxyl groups is 1. The lowest BCUT2D eigenvalue weighted by atomic mass is 10.1. The van der Waals surface area contributed by atoms with Gasteiger partial charge in [0.25, 0.3) is 0 Å². The van der Waals surface area contributed by atoms with Crippen molar-refractivity contribution >= 4 is 28.9 Å². The van der Waals surface area contributed by atoms with Crippen LogP contribution in [0.25, 0.3) is 0 Å². The van der Waals surface area contributed by atoms with Gasteiger partial charge in [-0.1, -0.05) is 35.9 Å². The zero-order valence-corrected chi connectivity index (χ0v) is 13.1. The van der Waals surface area contributed by atoms with Crippen molar-refractivity contribution in [1.82, 2.24) is 0 Å². The van der Waals surface area contributed by atoms with E-state index in [9.17, 15) is 4.79 Å². The van der Waals surface area contributed by atoms with E-state index < -0.39 is 0 Å². The minimum atomic E-state index is -0.0878. The van der Waals surface area contributed by atoms with Gasteiger partial charge in [-0.15, -0.1) is 0 Å². The number of hydrogen-bond donors (Lipinski definition) is 3. The summed E-state index contributed by atoms with van der Waals surface area (Å²) < 4.78 is 0. The van der Waals surface area contributed by atoms with Crippen molar-refractivity contribution < 1.29 is 9.90 Å². The molecule has 0 aliphatic carbocycles. The molecule has 0 saturated heterocycles. The van der Waals surface area contributed by atoms with Gasteiger partial charge in [0.2, 0.25) is 5.91 Å². The molecule has 1 amide bonds. The van der Waals surface area contributed by atoms with Crippen molar-refractivity contribution in [1.29, 1.82) is 0 Å². The zero-order chi connectivity index (χ0) is 15.9. The van der Waals surface area contributed by atoms with Crippen LogP contribution in [-0.2, 0) is 11.4 Å². The molecule has 1 unspecified atom stereocenters. The van der Waals surface area contributed by atoms with Gasteiger partial charge in [-0.3, -0.25) is 4.79 Å². The first-order chi connectivity index (χ1) is 10.6. The maximum atomic E-state index is 12.0. The predicted molar refractivity (Wildman–Crippen MR) is 90.1 cm³/mol. The monoisotopic (exact) mass is 318 g/mol. The Morgan fingerprint density at radius 3 is 2.64 bits per heavy atom. The number of para-hydroxylation sites is 1. The average molecular weight is 319 g/mol. The SMILES string of the molecule is CC(CC(=O)Nc1ccccc1)Nc1cc(CO)ccc1Cl. The van der Waals surface area contributed by atoms with Crippen molar-refractivity contribution in [3.05, 3.63) is 59.1 Å². The molecule has 4 nitrogen and oxygen atoms in total. The number of benzene rings is 2. The molecule has 116 valence electrons. The molecule has 3 N–H and O–H groups in total. The third-order valence-electron chi connectivity index (χ3n) is 3.16. The van der Waals surface area contributed by atoms with Crippen molar-refractivity contribution in [2.24, 2.45) is 0 Å². The Bertz CT molecular complexity index is 632. The van der Waals surface area contributed by atoms with Crippen molar-refractivity contribution in [2.45, 2.75) is 26.0 Å². The van der Waals surface area contributed by atoms with E-state index in [-0.39, 0.29) is 18.6 Å². The van der Waals surface area contributed by atoms with Gasteiger partial charge in [-0.25, -0.2) is 0 Å². The van der Waals surface area contributed by atoms with Gasteiger partial charge in [0.05, 0.1) is 17.3 Å². The standard InChI is InChI=1S/C17H19ClN2O2/c1-12(9-17(22)20-14-5-3-2-4-6-14)19-16-10-13(11-21)7-8-15(16)18/h2-8,10,12,19,21H,9,11H2,1H3,(H,20,22). The Morgan fingerprint density at radius 2 is 1.95 bits per heavy atom. The summed E-state index contributed by atoms with van der Waals surface area (Å²) in [6, 6.07) is 14.5. The maximum Gasteiger partial charge on any atom is 0.226 e. The quantitative estimate of drug-likeness (QED) is 0.761. The predicted octanol–water partition coefficient (Wildman–Crippen LogP) is 3.66. The normalized spacial score (nSPS) is 11.8. The molecule has 22 heavy (non-hydrogen) atoms. The average Bonchev–Trinajstić information content (AvgIpc) is 2.50. The third-order valence-corrected chi connectivity index (χ3v) is 3.49. The van der Waals surface area contributed by atoms with E-state index in [1.54, 1.807) is 18.2 Å². The molecule has 2 rings (SSSR count). The number of carbonyl (C=O) groups excluding carboxylic acids is 1. The van der Waals surface area contributed by atoms with E-state index in [1.165, 1.54) is 0 Å². The smallest absolute Gasteiger partial charge is 0.226 e. The minimum Gasteiger partial charge on any atom is -0.392 e. The van der Waals surface area contributed by atoms with Crippen molar-refractivity contribution in [3.63, 3.8) is 0 Å². The Hall–Kier alpha value is -2.04. The lowest BCUT2D eigenvalue weighted by Crippen LogP contribution is -2.24. The fourth-order valence-corrected chi connectivity index (χ4v) is 2.28. The molecule has 0 heterocycles. The molecular weight excluding hydrogens is 300 g/mol. The molecule has 1 atom stereocenters. The molecule has 0 saturated carbocycles. The highest BCUT2D eigenvalue weighted by Gasteiger charge is 2.11. The molecular formula is C17H19ClN2O2. The zero-order valence-electron chi connectivity index (χ0n) is 12.3. The van der Waals surface area contributed by atoms with E-state index in [1.807, 2.05) is 37.3 Å². The number of hydrogen-bond acceptors (Lipinski definition) is 3. The number of amides is 1. The fraction of sp³-hybridized carbons (Fsp3) is 0.235. The van der Waals surface area contributed by atoms with E-state index in [2.05, 4.69) is 10.6 Å². The van der Waals surface area contributed by atoms with Crippen LogP contribution in [0.15, 0.2) is 48.5 Å². The highest BCUT2D eigenvalue weighted by Crippen LogP contribution is 2.24. The van der Waals surface area contributed by atoms with Gasteiger partial charge in [0.15, 0.2) is 0 Å². The minimum absolute atomic E-state index is 0.0469. The Balaban J connectivity index is 1.92. The number of rotatable bonds is 6. The summed E-state index contributed by atoms with van der Waals surface area (Å²) in [5, 5.41) is 15.8. The maximum absolute atomic E-state index is 12.0. The van der Waals surface area contributed by atoms with Crippen LogP contribution in [-0.4, -0.2) is 17.1 Å². The molecule has 0 fully saturated rings. The molecule has 5 heteroatoms. The first-order valence-corrected chi connectivity index (χ1v) is 7.47. The van der Waals surface area contributed by atoms with E-state index >= 15 is 0 Å². The number of halogens is 1. The Kier molecular flexibility index (Phi) is 5.81. The van der Waals surface area contributed by atoms with Crippen LogP contribution in [0.4, 0.5) is 11.4 Å². The topological polar surface area (TPSA) is 61.4 Å². The summed E-state index contributed by atoms with van der Waals surface area (Å²) in [6.07, 6.45) is 0.314. The summed E-state index contributed by atoms with van der Waals surface area (Å²) in [7, 11) is 0. The summed E-state index contributed by atoms with van der Waals surface area (Å²) in [5.41, 5.74) is 2.26. The van der Waals surface area contributed by atoms with Crippen LogP contribution >= 0.6 is 11.6 Å². The van der Waals surface area contributed by atoms with Gasteiger partial charge >= 0.3 is 0 Å². The van der Waals surface area contributed by atoms with Crippen LogP contribution in [0.5, 0.6) is 0 Å².